The lowest BCUT2D eigenvalue weighted by atomic mass is 10.1. The molecule has 25 heavy (non-hydrogen) atoms. The molecule has 1 aliphatic rings. The molecule has 1 aromatic rings. The van der Waals surface area contributed by atoms with Crippen LogP contribution in [0.2, 0.25) is 0 Å². The summed E-state index contributed by atoms with van der Waals surface area (Å²) in [7, 11) is -3.60. The average Bonchev–Trinajstić information content (AvgIpc) is 2.50. The first-order valence-corrected chi connectivity index (χ1v) is 9.93. The maximum Gasteiger partial charge on any atom is 0.241 e. The van der Waals surface area contributed by atoms with Crippen LogP contribution in [0, 0.1) is 6.92 Å². The van der Waals surface area contributed by atoms with Gasteiger partial charge in [-0.25, -0.2) is 13.1 Å². The number of amides is 1. The van der Waals surface area contributed by atoms with Gasteiger partial charge in [0.05, 0.1) is 4.90 Å². The van der Waals surface area contributed by atoms with Gasteiger partial charge in [-0.3, -0.25) is 4.79 Å². The van der Waals surface area contributed by atoms with E-state index in [1.165, 1.54) is 13.0 Å². The van der Waals surface area contributed by atoms with Gasteiger partial charge in [-0.2, -0.15) is 0 Å². The molecule has 8 heteroatoms. The fraction of sp³-hybridized carbons (Fsp3) is 0.588. The fourth-order valence-corrected chi connectivity index (χ4v) is 4.62. The summed E-state index contributed by atoms with van der Waals surface area (Å²) >= 11 is 0. The maximum atomic E-state index is 12.7. The molecule has 6 nitrogen and oxygen atoms in total. The molecule has 0 unspecified atom stereocenters. The van der Waals surface area contributed by atoms with Gasteiger partial charge < -0.3 is 10.2 Å². The molecule has 1 saturated heterocycles. The van der Waals surface area contributed by atoms with Crippen LogP contribution in [-0.4, -0.2) is 44.9 Å². The van der Waals surface area contributed by atoms with Crippen molar-refractivity contribution in [1.82, 2.24) is 9.62 Å². The van der Waals surface area contributed by atoms with Gasteiger partial charge in [0.1, 0.15) is 0 Å². The van der Waals surface area contributed by atoms with Crippen LogP contribution in [0.25, 0.3) is 0 Å². The highest BCUT2D eigenvalue weighted by Crippen LogP contribution is 2.22. The van der Waals surface area contributed by atoms with Crippen LogP contribution in [-0.2, 0) is 14.8 Å². The van der Waals surface area contributed by atoms with E-state index in [0.717, 1.165) is 38.9 Å². The highest BCUT2D eigenvalue weighted by molar-refractivity contribution is 7.89. The molecule has 0 saturated carbocycles. The van der Waals surface area contributed by atoms with Gasteiger partial charge in [-0.05, 0) is 63.5 Å². The zero-order valence-electron chi connectivity index (χ0n) is 15.0. The third-order valence-electron chi connectivity index (χ3n) is 4.25. The Kier molecular flexibility index (Phi) is 8.34. The van der Waals surface area contributed by atoms with Crippen LogP contribution in [0.1, 0.15) is 38.7 Å². The number of aryl methyl sites for hydroxylation is 1. The van der Waals surface area contributed by atoms with Crippen LogP contribution in [0.3, 0.4) is 0 Å². The van der Waals surface area contributed by atoms with Crippen molar-refractivity contribution in [2.75, 3.05) is 25.0 Å². The smallest absolute Gasteiger partial charge is 0.241 e. The molecule has 0 spiro atoms. The summed E-state index contributed by atoms with van der Waals surface area (Å²) in [5.41, 5.74) is 1.16. The lowest BCUT2D eigenvalue weighted by molar-refractivity contribution is -0.114. The Morgan fingerprint density at radius 3 is 2.48 bits per heavy atom. The van der Waals surface area contributed by atoms with E-state index in [0.29, 0.717) is 11.3 Å². The second-order valence-corrected chi connectivity index (χ2v) is 8.08. The lowest BCUT2D eigenvalue weighted by Crippen LogP contribution is -2.44. The number of hydrogen-bond donors (Lipinski definition) is 2. The summed E-state index contributed by atoms with van der Waals surface area (Å²) < 4.78 is 28.3. The molecule has 1 heterocycles. The first-order chi connectivity index (χ1) is 11.3. The molecule has 0 atom stereocenters. The zero-order chi connectivity index (χ0) is 17.7. The van der Waals surface area contributed by atoms with Crippen molar-refractivity contribution < 1.29 is 13.2 Å². The molecule has 0 bridgehead atoms. The van der Waals surface area contributed by atoms with Crippen LogP contribution in [0.15, 0.2) is 23.1 Å². The number of sulfonamides is 1. The number of likely N-dealkylation sites (tertiary alicyclic amines) is 1. The van der Waals surface area contributed by atoms with Crippen molar-refractivity contribution in [3.63, 3.8) is 0 Å². The molecule has 0 aliphatic carbocycles. The molecular formula is C17H28ClN3O3S. The van der Waals surface area contributed by atoms with Crippen molar-refractivity contribution in [2.45, 2.75) is 51.0 Å². The van der Waals surface area contributed by atoms with E-state index in [1.54, 1.807) is 19.1 Å². The van der Waals surface area contributed by atoms with Gasteiger partial charge in [0, 0.05) is 18.7 Å². The normalized spacial score (nSPS) is 16.3. The molecular weight excluding hydrogens is 362 g/mol. The largest absolute Gasteiger partial charge is 0.326 e. The first kappa shape index (κ1) is 21.9. The Balaban J connectivity index is 0.00000312. The number of rotatable bonds is 6. The standard InChI is InChI=1S/C17H27N3O3S.ClH/c1-4-9-20-10-7-15(8-11-20)19-24(22,23)17-12-16(18-14(3)21)6-5-13(17)2;/h5-6,12,15,19H,4,7-11H2,1-3H3,(H,18,21);1H. The van der Waals surface area contributed by atoms with Gasteiger partial charge in [-0.1, -0.05) is 13.0 Å². The van der Waals surface area contributed by atoms with E-state index in [9.17, 15) is 13.2 Å². The minimum atomic E-state index is -3.60. The molecule has 1 amide bonds. The van der Waals surface area contributed by atoms with Gasteiger partial charge in [-0.15, -0.1) is 12.4 Å². The summed E-state index contributed by atoms with van der Waals surface area (Å²) in [6, 6.07) is 4.90. The predicted molar refractivity (Wildman–Crippen MR) is 103 cm³/mol. The molecule has 2 N–H and O–H groups in total. The number of nitrogens with zero attached hydrogens (tertiary/aromatic N) is 1. The Morgan fingerprint density at radius 2 is 1.92 bits per heavy atom. The monoisotopic (exact) mass is 389 g/mol. The first-order valence-electron chi connectivity index (χ1n) is 8.44. The number of halogens is 1. The molecule has 0 aromatic heterocycles. The maximum absolute atomic E-state index is 12.7. The summed E-state index contributed by atoms with van der Waals surface area (Å²) in [4.78, 5) is 13.8. The van der Waals surface area contributed by atoms with E-state index >= 15 is 0 Å². The van der Waals surface area contributed by atoms with Gasteiger partial charge in [0.25, 0.3) is 0 Å². The number of nitrogens with one attached hydrogen (secondary N) is 2. The van der Waals surface area contributed by atoms with Gasteiger partial charge in [0.2, 0.25) is 15.9 Å². The number of piperidine rings is 1. The lowest BCUT2D eigenvalue weighted by Gasteiger charge is -2.32. The van der Waals surface area contributed by atoms with Crippen LogP contribution >= 0.6 is 12.4 Å². The molecule has 1 aromatic carbocycles. The highest BCUT2D eigenvalue weighted by Gasteiger charge is 2.25. The van der Waals surface area contributed by atoms with Crippen LogP contribution < -0.4 is 10.0 Å². The number of carbonyl (C=O) groups is 1. The van der Waals surface area contributed by atoms with Gasteiger partial charge in [0.15, 0.2) is 0 Å². The minimum Gasteiger partial charge on any atom is -0.326 e. The summed E-state index contributed by atoms with van der Waals surface area (Å²) in [5, 5.41) is 2.63. The summed E-state index contributed by atoms with van der Waals surface area (Å²) in [6.07, 6.45) is 2.76. The van der Waals surface area contributed by atoms with E-state index in [1.807, 2.05) is 0 Å². The van der Waals surface area contributed by atoms with Gasteiger partial charge >= 0.3 is 0 Å². The topological polar surface area (TPSA) is 78.5 Å². The summed E-state index contributed by atoms with van der Waals surface area (Å²) in [5.74, 6) is -0.224. The van der Waals surface area contributed by atoms with E-state index in [-0.39, 0.29) is 29.3 Å². The molecule has 1 fully saturated rings. The van der Waals surface area contributed by atoms with Crippen molar-refractivity contribution >= 4 is 34.0 Å². The van der Waals surface area contributed by atoms with Crippen molar-refractivity contribution in [3.8, 4) is 0 Å². The fourth-order valence-electron chi connectivity index (χ4n) is 3.04. The van der Waals surface area contributed by atoms with E-state index < -0.39 is 10.0 Å². The van der Waals surface area contributed by atoms with Crippen LogP contribution in [0.5, 0.6) is 0 Å². The highest BCUT2D eigenvalue weighted by atomic mass is 35.5. The third kappa shape index (κ3) is 6.26. The number of anilines is 1. The Morgan fingerprint density at radius 1 is 1.28 bits per heavy atom. The zero-order valence-corrected chi connectivity index (χ0v) is 16.7. The SMILES string of the molecule is CCCN1CCC(NS(=O)(=O)c2cc(NC(C)=O)ccc2C)CC1.Cl. The Hall–Kier alpha value is -1.15. The predicted octanol–water partition coefficient (Wildman–Crippen LogP) is 2.53. The molecule has 1 aliphatic heterocycles. The molecule has 142 valence electrons. The number of benzene rings is 1. The second kappa shape index (κ2) is 9.52. The number of carbonyl (C=O) groups excluding carboxylic acids is 1. The second-order valence-electron chi connectivity index (χ2n) is 6.40. The Bertz CT molecular complexity index is 686. The minimum absolute atomic E-state index is 0. The third-order valence-corrected chi connectivity index (χ3v) is 5.91. The van der Waals surface area contributed by atoms with Crippen molar-refractivity contribution in [1.29, 1.82) is 0 Å². The van der Waals surface area contributed by atoms with Crippen LogP contribution in [0.4, 0.5) is 5.69 Å². The van der Waals surface area contributed by atoms with E-state index in [4.69, 9.17) is 0 Å². The van der Waals surface area contributed by atoms with Crippen molar-refractivity contribution in [3.05, 3.63) is 23.8 Å². The quantitative estimate of drug-likeness (QED) is 0.783. The Labute approximate surface area is 156 Å². The average molecular weight is 390 g/mol. The molecule has 0 radical (unpaired) electrons. The van der Waals surface area contributed by atoms with Crippen molar-refractivity contribution in [2.24, 2.45) is 0 Å². The summed E-state index contributed by atoms with van der Waals surface area (Å²) in [6.45, 7) is 8.22. The molecule has 2 rings (SSSR count). The number of hydrogen-bond acceptors (Lipinski definition) is 4. The van der Waals surface area contributed by atoms with E-state index in [2.05, 4.69) is 21.9 Å².